The van der Waals surface area contributed by atoms with E-state index in [0.717, 1.165) is 25.2 Å². The van der Waals surface area contributed by atoms with Crippen molar-refractivity contribution in [3.05, 3.63) is 23.9 Å². The van der Waals surface area contributed by atoms with Gasteiger partial charge in [-0.2, -0.15) is 0 Å². The van der Waals surface area contributed by atoms with Crippen LogP contribution in [0.5, 0.6) is 0 Å². The topological polar surface area (TPSA) is 68.5 Å². The van der Waals surface area contributed by atoms with E-state index in [9.17, 15) is 4.79 Å². The molecule has 1 aromatic rings. The summed E-state index contributed by atoms with van der Waals surface area (Å²) in [6.07, 6.45) is 2.19. The van der Waals surface area contributed by atoms with Crippen molar-refractivity contribution in [1.29, 1.82) is 0 Å². The zero-order valence-electron chi connectivity index (χ0n) is 9.85. The molecule has 1 atom stereocenters. The van der Waals surface area contributed by atoms with E-state index in [4.69, 9.17) is 10.5 Å². The lowest BCUT2D eigenvalue weighted by Crippen LogP contribution is -2.33. The number of ether oxygens (including phenoxy) is 1. The van der Waals surface area contributed by atoms with Gasteiger partial charge in [0.15, 0.2) is 0 Å². The first-order valence-electron chi connectivity index (χ1n) is 5.66. The molecule has 1 aromatic heterocycles. The maximum Gasteiger partial charge on any atom is 0.268 e. The lowest BCUT2D eigenvalue weighted by molar-refractivity contribution is 0.0995. The standard InChI is InChI=1S/C12H16N3O2/c1-17-8-9-4-3-7-15(9)11-6-2-5-10(14-11)12(13)16/h2,6,9H,3-4,7-8H2,1H3,(H2,13,16)/t9-/m1/s1. The van der Waals surface area contributed by atoms with Gasteiger partial charge in [0.2, 0.25) is 0 Å². The Morgan fingerprint density at radius 3 is 3.29 bits per heavy atom. The van der Waals surface area contributed by atoms with Crippen LogP contribution in [0, 0.1) is 6.07 Å². The molecule has 0 bridgehead atoms. The van der Waals surface area contributed by atoms with Crippen molar-refractivity contribution in [2.75, 3.05) is 25.2 Å². The molecule has 17 heavy (non-hydrogen) atoms. The van der Waals surface area contributed by atoms with Crippen LogP contribution in [0.4, 0.5) is 5.82 Å². The Morgan fingerprint density at radius 1 is 1.76 bits per heavy atom. The van der Waals surface area contributed by atoms with E-state index in [-0.39, 0.29) is 5.69 Å². The number of methoxy groups -OCH3 is 1. The summed E-state index contributed by atoms with van der Waals surface area (Å²) < 4.78 is 5.19. The molecule has 1 aliphatic rings. The largest absolute Gasteiger partial charge is 0.383 e. The Labute approximate surface area is 101 Å². The molecule has 5 nitrogen and oxygen atoms in total. The van der Waals surface area contributed by atoms with Crippen LogP contribution in [0.3, 0.4) is 0 Å². The van der Waals surface area contributed by atoms with E-state index >= 15 is 0 Å². The van der Waals surface area contributed by atoms with Crippen molar-refractivity contribution >= 4 is 11.7 Å². The fourth-order valence-electron chi connectivity index (χ4n) is 2.17. The van der Waals surface area contributed by atoms with E-state index in [1.807, 2.05) is 6.07 Å². The number of aromatic nitrogens is 1. The summed E-state index contributed by atoms with van der Waals surface area (Å²) in [5.74, 6) is 0.228. The quantitative estimate of drug-likeness (QED) is 0.828. The summed E-state index contributed by atoms with van der Waals surface area (Å²) in [5.41, 5.74) is 5.38. The molecule has 1 aliphatic heterocycles. The summed E-state index contributed by atoms with van der Waals surface area (Å²) >= 11 is 0. The van der Waals surface area contributed by atoms with Gasteiger partial charge in [0.1, 0.15) is 11.5 Å². The molecule has 0 spiro atoms. The average Bonchev–Trinajstić information content (AvgIpc) is 2.78. The molecule has 2 rings (SSSR count). The highest BCUT2D eigenvalue weighted by Gasteiger charge is 2.25. The third kappa shape index (κ3) is 2.55. The molecule has 1 saturated heterocycles. The van der Waals surface area contributed by atoms with Gasteiger partial charge in [-0.25, -0.2) is 4.98 Å². The lowest BCUT2D eigenvalue weighted by atomic mass is 10.2. The third-order valence-corrected chi connectivity index (χ3v) is 2.94. The fourth-order valence-corrected chi connectivity index (χ4v) is 2.17. The summed E-state index contributed by atoms with van der Waals surface area (Å²) in [4.78, 5) is 17.4. The Balaban J connectivity index is 2.21. The number of pyridine rings is 1. The highest BCUT2D eigenvalue weighted by Crippen LogP contribution is 2.23. The van der Waals surface area contributed by atoms with Gasteiger partial charge in [0.05, 0.1) is 12.6 Å². The van der Waals surface area contributed by atoms with Gasteiger partial charge in [0.25, 0.3) is 5.91 Å². The second kappa shape index (κ2) is 5.14. The number of carbonyl (C=O) groups excluding carboxylic acids is 1. The van der Waals surface area contributed by atoms with E-state index < -0.39 is 5.91 Å². The van der Waals surface area contributed by atoms with E-state index in [0.29, 0.717) is 12.6 Å². The van der Waals surface area contributed by atoms with Crippen LogP contribution in [0.15, 0.2) is 12.1 Å². The van der Waals surface area contributed by atoms with Crippen molar-refractivity contribution in [3.63, 3.8) is 0 Å². The van der Waals surface area contributed by atoms with Crippen LogP contribution in [-0.4, -0.2) is 37.2 Å². The molecule has 91 valence electrons. The van der Waals surface area contributed by atoms with Gasteiger partial charge in [-0.05, 0) is 25.0 Å². The molecule has 2 N–H and O–H groups in total. The molecular formula is C12H16N3O2. The second-order valence-corrected chi connectivity index (χ2v) is 4.11. The molecule has 0 aliphatic carbocycles. The molecule has 1 amide bonds. The summed E-state index contributed by atoms with van der Waals surface area (Å²) in [6.45, 7) is 1.61. The zero-order valence-corrected chi connectivity index (χ0v) is 9.85. The third-order valence-electron chi connectivity index (χ3n) is 2.94. The number of carbonyl (C=O) groups is 1. The van der Waals surface area contributed by atoms with E-state index in [2.05, 4.69) is 16.0 Å². The van der Waals surface area contributed by atoms with Gasteiger partial charge in [0, 0.05) is 19.7 Å². The minimum Gasteiger partial charge on any atom is -0.383 e. The molecule has 1 radical (unpaired) electrons. The zero-order chi connectivity index (χ0) is 12.3. The molecule has 0 unspecified atom stereocenters. The van der Waals surface area contributed by atoms with Gasteiger partial charge >= 0.3 is 0 Å². The molecule has 5 heteroatoms. The van der Waals surface area contributed by atoms with Crippen molar-refractivity contribution in [1.82, 2.24) is 4.98 Å². The highest BCUT2D eigenvalue weighted by atomic mass is 16.5. The normalized spacial score (nSPS) is 19.6. The number of nitrogens with two attached hydrogens (primary N) is 1. The summed E-state index contributed by atoms with van der Waals surface area (Å²) in [5, 5.41) is 0. The van der Waals surface area contributed by atoms with E-state index in [1.54, 1.807) is 13.2 Å². The van der Waals surface area contributed by atoms with Crippen molar-refractivity contribution in [2.45, 2.75) is 18.9 Å². The Hall–Kier alpha value is -1.62. The molecular weight excluding hydrogens is 218 g/mol. The molecule has 0 saturated carbocycles. The van der Waals surface area contributed by atoms with Crippen molar-refractivity contribution in [2.24, 2.45) is 5.73 Å². The average molecular weight is 234 g/mol. The minimum atomic E-state index is -0.547. The molecule has 0 aromatic carbocycles. The summed E-state index contributed by atoms with van der Waals surface area (Å²) in [7, 11) is 1.69. The predicted octanol–water partition coefficient (Wildman–Crippen LogP) is 0.596. The summed E-state index contributed by atoms with van der Waals surface area (Å²) in [6, 6.07) is 6.60. The molecule has 2 heterocycles. The van der Waals surface area contributed by atoms with Crippen LogP contribution >= 0.6 is 0 Å². The van der Waals surface area contributed by atoms with Gasteiger partial charge in [-0.1, -0.05) is 0 Å². The number of rotatable bonds is 4. The first-order valence-corrected chi connectivity index (χ1v) is 5.66. The first kappa shape index (κ1) is 11.9. The number of nitrogens with zero attached hydrogens (tertiary/aromatic N) is 2. The Kier molecular flexibility index (Phi) is 3.58. The van der Waals surface area contributed by atoms with Crippen molar-refractivity contribution < 1.29 is 9.53 Å². The van der Waals surface area contributed by atoms with Gasteiger partial charge in [-0.3, -0.25) is 4.79 Å². The van der Waals surface area contributed by atoms with Crippen LogP contribution in [0.2, 0.25) is 0 Å². The smallest absolute Gasteiger partial charge is 0.268 e. The number of primary amides is 1. The lowest BCUT2D eigenvalue weighted by Gasteiger charge is -2.25. The van der Waals surface area contributed by atoms with E-state index in [1.165, 1.54) is 0 Å². The van der Waals surface area contributed by atoms with Crippen LogP contribution in [-0.2, 0) is 4.74 Å². The van der Waals surface area contributed by atoms with Gasteiger partial charge in [-0.15, -0.1) is 0 Å². The number of amides is 1. The predicted molar refractivity (Wildman–Crippen MR) is 63.8 cm³/mol. The first-order chi connectivity index (χ1) is 8.22. The van der Waals surface area contributed by atoms with Crippen molar-refractivity contribution in [3.8, 4) is 0 Å². The van der Waals surface area contributed by atoms with Crippen LogP contribution in [0.25, 0.3) is 0 Å². The SMILES string of the molecule is COC[C@H]1CCCN1c1cc[c]c(C(N)=O)n1. The Morgan fingerprint density at radius 2 is 2.59 bits per heavy atom. The number of hydrogen-bond donors (Lipinski definition) is 1. The fraction of sp³-hybridized carbons (Fsp3) is 0.500. The van der Waals surface area contributed by atoms with Gasteiger partial charge < -0.3 is 15.4 Å². The number of hydrogen-bond acceptors (Lipinski definition) is 4. The second-order valence-electron chi connectivity index (χ2n) is 4.11. The highest BCUT2D eigenvalue weighted by molar-refractivity contribution is 5.90. The van der Waals surface area contributed by atoms with Crippen LogP contribution < -0.4 is 10.6 Å². The van der Waals surface area contributed by atoms with Crippen LogP contribution in [0.1, 0.15) is 23.3 Å². The molecule has 1 fully saturated rings. The monoisotopic (exact) mass is 234 g/mol. The number of anilines is 1. The maximum atomic E-state index is 11.1. The Bertz CT molecular complexity index is 408. The minimum absolute atomic E-state index is 0.186. The maximum absolute atomic E-state index is 11.1.